The summed E-state index contributed by atoms with van der Waals surface area (Å²) < 4.78 is 33.1. The number of hydrogen-bond donors (Lipinski definition) is 0. The number of nitrogens with zero attached hydrogens (tertiary/aromatic N) is 2. The van der Waals surface area contributed by atoms with Crippen molar-refractivity contribution in [1.29, 1.82) is 0 Å². The number of carbonyl (C=O) groups is 1. The van der Waals surface area contributed by atoms with E-state index < -0.39 is 21.7 Å². The number of carbonyl (C=O) groups excluding carboxylic acids is 1. The van der Waals surface area contributed by atoms with Crippen LogP contribution < -0.4 is 0 Å². The summed E-state index contributed by atoms with van der Waals surface area (Å²) in [4.78, 5) is 14.5. The van der Waals surface area contributed by atoms with Crippen LogP contribution in [0.4, 0.5) is 4.79 Å². The Morgan fingerprint density at radius 1 is 0.966 bits per heavy atom. The second-order valence-corrected chi connectivity index (χ2v) is 9.83. The predicted molar refractivity (Wildman–Crippen MR) is 112 cm³/mol. The van der Waals surface area contributed by atoms with Crippen LogP contribution in [0.15, 0.2) is 65.7 Å². The van der Waals surface area contributed by atoms with Crippen LogP contribution in [0.3, 0.4) is 0 Å². The van der Waals surface area contributed by atoms with Crippen LogP contribution in [0, 0.1) is 6.92 Å². The number of rotatable bonds is 3. The third-order valence-electron chi connectivity index (χ3n) is 4.41. The minimum absolute atomic E-state index is 0.145. The fourth-order valence-corrected chi connectivity index (χ4v) is 4.28. The van der Waals surface area contributed by atoms with E-state index in [2.05, 4.69) is 0 Å². The molecular weight excluding hydrogens is 388 g/mol. The van der Waals surface area contributed by atoms with Gasteiger partial charge >= 0.3 is 6.09 Å². The van der Waals surface area contributed by atoms with Gasteiger partial charge in [-0.05, 0) is 45.4 Å². The molecule has 0 saturated carbocycles. The van der Waals surface area contributed by atoms with Gasteiger partial charge in [0.15, 0.2) is 0 Å². The molecule has 0 unspecified atom stereocenters. The van der Waals surface area contributed by atoms with Gasteiger partial charge in [-0.1, -0.05) is 48.0 Å². The lowest BCUT2D eigenvalue weighted by Gasteiger charge is -2.35. The van der Waals surface area contributed by atoms with Crippen molar-refractivity contribution < 1.29 is 17.9 Å². The molecule has 0 bridgehead atoms. The van der Waals surface area contributed by atoms with Crippen molar-refractivity contribution >= 4 is 21.8 Å². The highest BCUT2D eigenvalue weighted by Gasteiger charge is 2.33. The van der Waals surface area contributed by atoms with Crippen LogP contribution in [-0.4, -0.2) is 42.4 Å². The van der Waals surface area contributed by atoms with E-state index in [9.17, 15) is 13.2 Å². The smallest absolute Gasteiger partial charge is 0.414 e. The van der Waals surface area contributed by atoms with Crippen molar-refractivity contribution in [3.8, 4) is 0 Å². The zero-order valence-corrected chi connectivity index (χ0v) is 17.9. The molecule has 2 aromatic carbocycles. The molecule has 6 nitrogen and oxygen atoms in total. The molecule has 7 heteroatoms. The average molecular weight is 415 g/mol. The number of amides is 1. The molecule has 0 spiro atoms. The van der Waals surface area contributed by atoms with Gasteiger partial charge in [-0.15, -0.1) is 0 Å². The van der Waals surface area contributed by atoms with Gasteiger partial charge in [-0.3, -0.25) is 9.21 Å². The quantitative estimate of drug-likeness (QED) is 0.754. The van der Waals surface area contributed by atoms with Crippen molar-refractivity contribution in [2.45, 2.75) is 38.2 Å². The Labute approximate surface area is 172 Å². The van der Waals surface area contributed by atoms with Crippen molar-refractivity contribution in [3.63, 3.8) is 0 Å². The van der Waals surface area contributed by atoms with E-state index in [0.29, 0.717) is 5.70 Å². The van der Waals surface area contributed by atoms with Crippen molar-refractivity contribution in [3.05, 3.63) is 71.9 Å². The minimum atomic E-state index is -3.73. The number of benzene rings is 2. The lowest BCUT2D eigenvalue weighted by atomic mass is 10.1. The van der Waals surface area contributed by atoms with Crippen molar-refractivity contribution in [2.24, 2.45) is 0 Å². The summed E-state index contributed by atoms with van der Waals surface area (Å²) in [5.41, 5.74) is 1.56. The third-order valence-corrected chi connectivity index (χ3v) is 6.19. The SMILES string of the molecule is Cc1ccc(S(=O)(=O)N2C=C(c3ccccc3)N(C(=O)OC(C)(C)C)CC2)cc1. The van der Waals surface area contributed by atoms with E-state index in [0.717, 1.165) is 11.1 Å². The van der Waals surface area contributed by atoms with Crippen LogP contribution >= 0.6 is 0 Å². The maximum Gasteiger partial charge on any atom is 0.414 e. The molecule has 1 aliphatic heterocycles. The Kier molecular flexibility index (Phi) is 5.71. The summed E-state index contributed by atoms with van der Waals surface area (Å²) in [5, 5.41) is 0. The average Bonchev–Trinajstić information content (AvgIpc) is 2.67. The zero-order chi connectivity index (χ0) is 21.2. The maximum absolute atomic E-state index is 13.1. The van der Waals surface area contributed by atoms with Gasteiger partial charge in [0.1, 0.15) is 5.60 Å². The highest BCUT2D eigenvalue weighted by molar-refractivity contribution is 7.89. The Balaban J connectivity index is 2.01. The molecule has 0 N–H and O–H groups in total. The van der Waals surface area contributed by atoms with E-state index in [1.54, 1.807) is 45.0 Å². The van der Waals surface area contributed by atoms with E-state index in [1.807, 2.05) is 37.3 Å². The summed E-state index contributed by atoms with van der Waals surface area (Å²) in [6.07, 6.45) is 1.01. The number of aryl methyl sites for hydroxylation is 1. The number of hydrogen-bond acceptors (Lipinski definition) is 4. The largest absolute Gasteiger partial charge is 0.443 e. The molecule has 0 fully saturated rings. The molecular formula is C22H26N2O4S. The molecule has 29 heavy (non-hydrogen) atoms. The summed E-state index contributed by atoms with van der Waals surface area (Å²) in [6, 6.07) is 16.0. The summed E-state index contributed by atoms with van der Waals surface area (Å²) >= 11 is 0. The molecule has 1 heterocycles. The Bertz CT molecular complexity index is 1010. The lowest BCUT2D eigenvalue weighted by Crippen LogP contribution is -2.44. The van der Waals surface area contributed by atoms with Crippen LogP contribution in [-0.2, 0) is 14.8 Å². The lowest BCUT2D eigenvalue weighted by molar-refractivity contribution is 0.0341. The van der Waals surface area contributed by atoms with Gasteiger partial charge in [0.2, 0.25) is 0 Å². The molecule has 0 saturated heterocycles. The molecule has 2 aromatic rings. The molecule has 1 aliphatic rings. The van der Waals surface area contributed by atoms with Gasteiger partial charge in [0, 0.05) is 12.7 Å². The summed E-state index contributed by atoms with van der Waals surface area (Å²) in [5.74, 6) is 0. The van der Waals surface area contributed by atoms with E-state index in [-0.39, 0.29) is 18.0 Å². The molecule has 0 aromatic heterocycles. The first kappa shape index (κ1) is 20.9. The van der Waals surface area contributed by atoms with Gasteiger partial charge in [0.25, 0.3) is 10.0 Å². The highest BCUT2D eigenvalue weighted by atomic mass is 32.2. The van der Waals surface area contributed by atoms with Crippen molar-refractivity contribution in [1.82, 2.24) is 9.21 Å². The fourth-order valence-electron chi connectivity index (χ4n) is 2.97. The number of sulfonamides is 1. The Morgan fingerprint density at radius 2 is 1.59 bits per heavy atom. The second kappa shape index (κ2) is 7.91. The van der Waals surface area contributed by atoms with Crippen LogP contribution in [0.1, 0.15) is 31.9 Å². The van der Waals surface area contributed by atoms with E-state index >= 15 is 0 Å². The normalized spacial score (nSPS) is 15.1. The topological polar surface area (TPSA) is 66.9 Å². The molecule has 0 atom stereocenters. The molecule has 0 aliphatic carbocycles. The number of ether oxygens (including phenoxy) is 1. The van der Waals surface area contributed by atoms with Gasteiger partial charge in [0.05, 0.1) is 17.1 Å². The van der Waals surface area contributed by atoms with Crippen LogP contribution in [0.2, 0.25) is 0 Å². The standard InChI is InChI=1S/C22H26N2O4S/c1-17-10-12-19(13-11-17)29(26,27)23-14-15-24(21(25)28-22(2,3)4)20(16-23)18-8-6-5-7-9-18/h5-13,16H,14-15H2,1-4H3. The fraction of sp³-hybridized carbons (Fsp3) is 0.318. The summed E-state index contributed by atoms with van der Waals surface area (Å²) in [7, 11) is -3.73. The first-order valence-electron chi connectivity index (χ1n) is 9.44. The van der Waals surface area contributed by atoms with Gasteiger partial charge < -0.3 is 4.74 Å². The van der Waals surface area contributed by atoms with Crippen LogP contribution in [0.5, 0.6) is 0 Å². The highest BCUT2D eigenvalue weighted by Crippen LogP contribution is 2.28. The Morgan fingerprint density at radius 3 is 2.17 bits per heavy atom. The second-order valence-electron chi connectivity index (χ2n) is 7.94. The Hall–Kier alpha value is -2.80. The van der Waals surface area contributed by atoms with Gasteiger partial charge in [-0.2, -0.15) is 0 Å². The molecule has 1 amide bonds. The summed E-state index contributed by atoms with van der Waals surface area (Å²) in [6.45, 7) is 7.65. The monoisotopic (exact) mass is 414 g/mol. The molecule has 3 rings (SSSR count). The van der Waals surface area contributed by atoms with E-state index in [1.165, 1.54) is 15.4 Å². The van der Waals surface area contributed by atoms with Gasteiger partial charge in [-0.25, -0.2) is 13.2 Å². The van der Waals surface area contributed by atoms with E-state index in [4.69, 9.17) is 4.74 Å². The predicted octanol–water partition coefficient (Wildman–Crippen LogP) is 4.24. The maximum atomic E-state index is 13.1. The first-order chi connectivity index (χ1) is 13.6. The van der Waals surface area contributed by atoms with Crippen LogP contribution in [0.25, 0.3) is 5.70 Å². The molecule has 0 radical (unpaired) electrons. The third kappa shape index (κ3) is 4.79. The zero-order valence-electron chi connectivity index (χ0n) is 17.1. The minimum Gasteiger partial charge on any atom is -0.443 e. The molecule has 154 valence electrons. The van der Waals surface area contributed by atoms with Crippen molar-refractivity contribution in [2.75, 3.05) is 13.1 Å². The first-order valence-corrected chi connectivity index (χ1v) is 10.9.